The third-order valence-corrected chi connectivity index (χ3v) is 6.49. The van der Waals surface area contributed by atoms with Crippen molar-refractivity contribution in [2.45, 2.75) is 26.5 Å². The van der Waals surface area contributed by atoms with Crippen molar-refractivity contribution in [1.82, 2.24) is 4.98 Å². The van der Waals surface area contributed by atoms with Crippen LogP contribution in [0.4, 0.5) is 5.69 Å². The van der Waals surface area contributed by atoms with Gasteiger partial charge in [-0.25, -0.2) is 0 Å². The minimum atomic E-state index is -3.72. The lowest BCUT2D eigenvalue weighted by molar-refractivity contribution is 0.0993. The number of carbonyl (C=O) groups is 1. The summed E-state index contributed by atoms with van der Waals surface area (Å²) in [5.74, 6) is -0.243. The Labute approximate surface area is 196 Å². The minimum absolute atomic E-state index is 0.243. The maximum absolute atomic E-state index is 13.7. The van der Waals surface area contributed by atoms with Crippen LogP contribution in [0.2, 0.25) is 10.0 Å². The first-order valence-corrected chi connectivity index (χ1v) is 12.4. The lowest BCUT2D eigenvalue weighted by atomic mass is 9.92. The lowest BCUT2D eigenvalue weighted by Gasteiger charge is -2.21. The zero-order chi connectivity index (χ0) is 23.2. The normalized spacial score (nSPS) is 15.8. The number of halogens is 2. The predicted octanol–water partition coefficient (Wildman–Crippen LogP) is 5.56. The Morgan fingerprint density at radius 1 is 1.09 bits per heavy atom. The van der Waals surface area contributed by atoms with Gasteiger partial charge in [0.15, 0.2) is 0 Å². The van der Waals surface area contributed by atoms with E-state index in [0.717, 1.165) is 11.9 Å². The van der Waals surface area contributed by atoms with Gasteiger partial charge in [0, 0.05) is 38.1 Å². The second-order valence-electron chi connectivity index (χ2n) is 7.59. The molecule has 1 atom stereocenters. The van der Waals surface area contributed by atoms with E-state index in [1.165, 1.54) is 0 Å². The van der Waals surface area contributed by atoms with Crippen LogP contribution in [0.15, 0.2) is 48.5 Å². The first kappa shape index (κ1) is 22.7. The number of aromatic nitrogens is 1. The van der Waals surface area contributed by atoms with Gasteiger partial charge in [-0.3, -0.25) is 18.9 Å². The van der Waals surface area contributed by atoms with Crippen molar-refractivity contribution in [3.8, 4) is 11.1 Å². The Kier molecular flexibility index (Phi) is 6.02. The number of benzene rings is 2. The molecule has 1 aromatic heterocycles. The second-order valence-corrected chi connectivity index (χ2v) is 10.1. The van der Waals surface area contributed by atoms with Gasteiger partial charge in [0.1, 0.15) is 0 Å². The van der Waals surface area contributed by atoms with Crippen LogP contribution in [0.1, 0.15) is 40.3 Å². The smallest absolute Gasteiger partial charge is 0.264 e. The molecule has 0 bridgehead atoms. The quantitative estimate of drug-likeness (QED) is 0.437. The summed E-state index contributed by atoms with van der Waals surface area (Å²) in [5, 5.41) is 0.783. The summed E-state index contributed by atoms with van der Waals surface area (Å²) in [7, 11) is -3.72. The molecule has 2 aromatic carbocycles. The van der Waals surface area contributed by atoms with E-state index in [2.05, 4.69) is 4.98 Å². The summed E-state index contributed by atoms with van der Waals surface area (Å²) in [4.78, 5) is 20.1. The average Bonchev–Trinajstić information content (AvgIpc) is 2.96. The number of amides is 1. The highest BCUT2D eigenvalue weighted by molar-refractivity contribution is 7.85. The molecule has 0 radical (unpaired) electrons. The highest BCUT2D eigenvalue weighted by Crippen LogP contribution is 2.45. The third kappa shape index (κ3) is 4.13. The fourth-order valence-corrected chi connectivity index (χ4v) is 4.80. The topological polar surface area (TPSA) is 76.6 Å². The Balaban J connectivity index is 1.98. The van der Waals surface area contributed by atoms with Crippen molar-refractivity contribution in [3.05, 3.63) is 81.1 Å². The number of para-hydroxylation sites is 1. The summed E-state index contributed by atoms with van der Waals surface area (Å²) in [6.45, 7) is 3.40. The summed E-state index contributed by atoms with van der Waals surface area (Å²) >= 11 is 12.6. The van der Waals surface area contributed by atoms with Crippen LogP contribution >= 0.6 is 23.2 Å². The van der Waals surface area contributed by atoms with Gasteiger partial charge in [-0.1, -0.05) is 47.5 Å². The van der Waals surface area contributed by atoms with Crippen molar-refractivity contribution in [1.29, 1.82) is 0 Å². The number of aryl methyl sites for hydroxylation is 1. The molecule has 2 heterocycles. The maximum Gasteiger partial charge on any atom is 0.264 e. The van der Waals surface area contributed by atoms with Gasteiger partial charge in [0.2, 0.25) is 0 Å². The second kappa shape index (κ2) is 8.48. The molecule has 4 rings (SSSR count). The van der Waals surface area contributed by atoms with Crippen molar-refractivity contribution >= 4 is 44.9 Å². The highest BCUT2D eigenvalue weighted by atomic mass is 35.5. The summed E-state index contributed by atoms with van der Waals surface area (Å²) in [6, 6.07) is 14.0. The van der Waals surface area contributed by atoms with E-state index < -0.39 is 10.1 Å². The molecule has 166 valence electrons. The number of rotatable bonds is 5. The Morgan fingerprint density at radius 2 is 1.78 bits per heavy atom. The van der Waals surface area contributed by atoms with Crippen LogP contribution in [0.25, 0.3) is 11.1 Å². The summed E-state index contributed by atoms with van der Waals surface area (Å²) in [5.41, 5.74) is 3.82. The zero-order valence-electron chi connectivity index (χ0n) is 17.6. The lowest BCUT2D eigenvalue weighted by Crippen LogP contribution is -2.26. The van der Waals surface area contributed by atoms with Crippen LogP contribution in [-0.2, 0) is 20.9 Å². The SMILES string of the molecule is Cc1nc2c(c(-c3ccc(Cl)cc3Cl)c1COS(C)(=O)=O)C(=O)N(c1ccccc1)C2C. The Bertz CT molecular complexity index is 1330. The maximum atomic E-state index is 13.7. The summed E-state index contributed by atoms with van der Waals surface area (Å²) in [6.07, 6.45) is 0.975. The monoisotopic (exact) mass is 490 g/mol. The predicted molar refractivity (Wildman–Crippen MR) is 126 cm³/mol. The Hall–Kier alpha value is -2.45. The molecule has 3 aromatic rings. The van der Waals surface area contributed by atoms with Gasteiger partial charge in [0.05, 0.1) is 30.2 Å². The fourth-order valence-electron chi connectivity index (χ4n) is 3.96. The molecule has 6 nitrogen and oxygen atoms in total. The van der Waals surface area contributed by atoms with Gasteiger partial charge < -0.3 is 0 Å². The molecule has 1 amide bonds. The zero-order valence-corrected chi connectivity index (χ0v) is 19.9. The summed E-state index contributed by atoms with van der Waals surface area (Å²) < 4.78 is 28.5. The first-order valence-electron chi connectivity index (χ1n) is 9.80. The van der Waals surface area contributed by atoms with E-state index in [0.29, 0.717) is 43.7 Å². The van der Waals surface area contributed by atoms with Crippen molar-refractivity contribution < 1.29 is 17.4 Å². The van der Waals surface area contributed by atoms with E-state index in [1.54, 1.807) is 30.0 Å². The van der Waals surface area contributed by atoms with Crippen LogP contribution in [0.5, 0.6) is 0 Å². The molecule has 9 heteroatoms. The molecule has 0 N–H and O–H groups in total. The number of carbonyl (C=O) groups excluding carboxylic acids is 1. The molecule has 0 spiro atoms. The van der Waals surface area contributed by atoms with Crippen molar-refractivity contribution in [2.75, 3.05) is 11.2 Å². The standard InChI is InChI=1S/C23H20Cl2N2O4S/c1-13-18(12-31-32(3,29)30)20(17-10-9-15(24)11-19(17)25)21-22(26-13)14(2)27(23(21)28)16-7-5-4-6-8-16/h4-11,14H,12H2,1-3H3. The van der Waals surface area contributed by atoms with Gasteiger partial charge >= 0.3 is 0 Å². The average molecular weight is 491 g/mol. The van der Waals surface area contributed by atoms with Crippen LogP contribution in [0, 0.1) is 6.92 Å². The molecule has 0 aliphatic carbocycles. The van der Waals surface area contributed by atoms with E-state index in [-0.39, 0.29) is 18.6 Å². The van der Waals surface area contributed by atoms with Gasteiger partial charge in [-0.2, -0.15) is 8.42 Å². The van der Waals surface area contributed by atoms with Crippen LogP contribution < -0.4 is 4.90 Å². The van der Waals surface area contributed by atoms with Gasteiger partial charge in [-0.05, 0) is 38.1 Å². The number of pyridine rings is 1. The minimum Gasteiger partial charge on any atom is -0.299 e. The largest absolute Gasteiger partial charge is 0.299 e. The van der Waals surface area contributed by atoms with Crippen molar-refractivity contribution in [2.24, 2.45) is 0 Å². The molecule has 0 saturated carbocycles. The molecule has 1 unspecified atom stereocenters. The highest BCUT2D eigenvalue weighted by Gasteiger charge is 2.40. The molecule has 0 saturated heterocycles. The molecular formula is C23H20Cl2N2O4S. The van der Waals surface area contributed by atoms with Crippen LogP contribution in [0.3, 0.4) is 0 Å². The van der Waals surface area contributed by atoms with E-state index in [9.17, 15) is 13.2 Å². The van der Waals surface area contributed by atoms with Crippen molar-refractivity contribution in [3.63, 3.8) is 0 Å². The third-order valence-electron chi connectivity index (χ3n) is 5.40. The molecule has 32 heavy (non-hydrogen) atoms. The van der Waals surface area contributed by atoms with E-state index >= 15 is 0 Å². The van der Waals surface area contributed by atoms with Gasteiger partial charge in [-0.15, -0.1) is 0 Å². The number of fused-ring (bicyclic) bond motifs is 1. The number of nitrogens with zero attached hydrogens (tertiary/aromatic N) is 2. The Morgan fingerprint density at radius 3 is 2.41 bits per heavy atom. The fraction of sp³-hybridized carbons (Fsp3) is 0.217. The molecular weight excluding hydrogens is 471 g/mol. The number of anilines is 1. The van der Waals surface area contributed by atoms with E-state index in [4.69, 9.17) is 27.4 Å². The first-order chi connectivity index (χ1) is 15.1. The van der Waals surface area contributed by atoms with E-state index in [1.807, 2.05) is 37.3 Å². The molecule has 1 aliphatic rings. The molecule has 0 fully saturated rings. The number of hydrogen-bond acceptors (Lipinski definition) is 5. The molecule has 1 aliphatic heterocycles. The van der Waals surface area contributed by atoms with Crippen LogP contribution in [-0.4, -0.2) is 25.6 Å². The van der Waals surface area contributed by atoms with Gasteiger partial charge in [0.25, 0.3) is 16.0 Å². The number of hydrogen-bond donors (Lipinski definition) is 0.